The van der Waals surface area contributed by atoms with Crippen molar-refractivity contribution in [3.8, 4) is 0 Å². The van der Waals surface area contributed by atoms with E-state index in [2.05, 4.69) is 11.9 Å². The van der Waals surface area contributed by atoms with Crippen LogP contribution in [0.3, 0.4) is 0 Å². The van der Waals surface area contributed by atoms with Gasteiger partial charge in [-0.25, -0.2) is 4.79 Å². The molecule has 2 amide bonds. The van der Waals surface area contributed by atoms with Crippen LogP contribution >= 0.6 is 0 Å². The monoisotopic (exact) mass is 252 g/mol. The lowest BCUT2D eigenvalue weighted by atomic mass is 9.98. The summed E-state index contributed by atoms with van der Waals surface area (Å²) in [6.45, 7) is 9.28. The average Bonchev–Trinajstić information content (AvgIpc) is 2.39. The number of carbonyl (C=O) groups excluding carboxylic acids is 1. The van der Waals surface area contributed by atoms with E-state index in [-0.39, 0.29) is 18.7 Å². The number of amides is 2. The van der Waals surface area contributed by atoms with Crippen LogP contribution in [0.2, 0.25) is 0 Å². The van der Waals surface area contributed by atoms with Crippen LogP contribution in [0.4, 0.5) is 4.79 Å². The van der Waals surface area contributed by atoms with Crippen LogP contribution in [0.25, 0.3) is 0 Å². The molecule has 1 aliphatic rings. The second-order valence-electron chi connectivity index (χ2n) is 4.93. The number of hydrogen-bond donors (Lipinski definition) is 2. The summed E-state index contributed by atoms with van der Waals surface area (Å²) in [5.41, 5.74) is 1.09. The number of aliphatic hydroxyl groups excluding tert-OH is 1. The first-order chi connectivity index (χ1) is 8.58. The number of nitrogens with one attached hydrogen (secondary N) is 1. The maximum atomic E-state index is 12.0. The minimum Gasteiger partial charge on any atom is -0.396 e. The molecule has 4 heteroatoms. The van der Waals surface area contributed by atoms with Crippen molar-refractivity contribution in [3.05, 3.63) is 24.3 Å². The standard InChI is InChI=1S/C14H24N2O2/c1-4-5-11(2)12(3)15-14(18)16-8-6-13(10-17)7-9-16/h4-5,12-13,17H,1,6-10H2,2-3H3,(H,15,18). The fourth-order valence-corrected chi connectivity index (χ4v) is 2.04. The van der Waals surface area contributed by atoms with E-state index in [1.165, 1.54) is 0 Å². The van der Waals surface area contributed by atoms with Crippen molar-refractivity contribution in [2.24, 2.45) is 5.92 Å². The molecule has 0 aliphatic carbocycles. The van der Waals surface area contributed by atoms with E-state index < -0.39 is 0 Å². The normalized spacial score (nSPS) is 19.5. The van der Waals surface area contributed by atoms with Gasteiger partial charge in [0, 0.05) is 25.7 Å². The first kappa shape index (κ1) is 14.8. The van der Waals surface area contributed by atoms with Crippen molar-refractivity contribution in [1.29, 1.82) is 0 Å². The van der Waals surface area contributed by atoms with Gasteiger partial charge < -0.3 is 15.3 Å². The molecular weight excluding hydrogens is 228 g/mol. The first-order valence-corrected chi connectivity index (χ1v) is 6.54. The Morgan fingerprint density at radius 1 is 1.56 bits per heavy atom. The van der Waals surface area contributed by atoms with Gasteiger partial charge in [-0.15, -0.1) is 0 Å². The molecule has 1 rings (SSSR count). The van der Waals surface area contributed by atoms with Gasteiger partial charge in [-0.05, 0) is 32.6 Å². The SMILES string of the molecule is C=CC=C(C)C(C)NC(=O)N1CCC(CO)CC1. The lowest BCUT2D eigenvalue weighted by Crippen LogP contribution is -2.47. The Balaban J connectivity index is 2.42. The van der Waals surface area contributed by atoms with E-state index in [4.69, 9.17) is 5.11 Å². The minimum atomic E-state index is -0.0179. The van der Waals surface area contributed by atoms with Crippen LogP contribution < -0.4 is 5.32 Å². The summed E-state index contributed by atoms with van der Waals surface area (Å²) in [5.74, 6) is 0.355. The number of aliphatic hydroxyl groups is 1. The van der Waals surface area contributed by atoms with Crippen LogP contribution in [-0.4, -0.2) is 41.8 Å². The average molecular weight is 252 g/mol. The third kappa shape index (κ3) is 4.18. The fourth-order valence-electron chi connectivity index (χ4n) is 2.04. The summed E-state index contributed by atoms with van der Waals surface area (Å²) in [6.07, 6.45) is 5.41. The van der Waals surface area contributed by atoms with Crippen LogP contribution in [0.1, 0.15) is 26.7 Å². The molecule has 0 radical (unpaired) electrons. The fraction of sp³-hybridized carbons (Fsp3) is 0.643. The Labute approximate surface area is 109 Å². The number of nitrogens with zero attached hydrogens (tertiary/aromatic N) is 1. The second kappa shape index (κ2) is 7.21. The number of urea groups is 1. The number of carbonyl (C=O) groups is 1. The molecule has 0 spiro atoms. The summed E-state index contributed by atoms with van der Waals surface area (Å²) in [7, 11) is 0. The smallest absolute Gasteiger partial charge is 0.317 e. The number of likely N-dealkylation sites (tertiary alicyclic amines) is 1. The van der Waals surface area contributed by atoms with Gasteiger partial charge in [-0.3, -0.25) is 0 Å². The highest BCUT2D eigenvalue weighted by Gasteiger charge is 2.23. The molecule has 1 aliphatic heterocycles. The van der Waals surface area contributed by atoms with Crippen molar-refractivity contribution < 1.29 is 9.90 Å². The molecule has 102 valence electrons. The molecule has 4 nitrogen and oxygen atoms in total. The molecule has 0 aromatic heterocycles. The zero-order chi connectivity index (χ0) is 13.5. The van der Waals surface area contributed by atoms with Crippen molar-refractivity contribution >= 4 is 6.03 Å². The van der Waals surface area contributed by atoms with E-state index in [1.807, 2.05) is 24.8 Å². The highest BCUT2D eigenvalue weighted by atomic mass is 16.3. The summed E-state index contributed by atoms with van der Waals surface area (Å²) in [6, 6.07) is 0.00164. The van der Waals surface area contributed by atoms with Crippen molar-refractivity contribution in [2.75, 3.05) is 19.7 Å². The van der Waals surface area contributed by atoms with E-state index in [0.29, 0.717) is 5.92 Å². The maximum absolute atomic E-state index is 12.0. The van der Waals surface area contributed by atoms with Gasteiger partial charge in [0.15, 0.2) is 0 Å². The van der Waals surface area contributed by atoms with Crippen LogP contribution in [0.5, 0.6) is 0 Å². The zero-order valence-corrected chi connectivity index (χ0v) is 11.4. The molecule has 1 saturated heterocycles. The molecule has 1 atom stereocenters. The number of hydrogen-bond acceptors (Lipinski definition) is 2. The predicted octanol–water partition coefficient (Wildman–Crippen LogP) is 1.92. The van der Waals surface area contributed by atoms with E-state index in [9.17, 15) is 4.79 Å². The van der Waals surface area contributed by atoms with Crippen molar-refractivity contribution in [2.45, 2.75) is 32.7 Å². The van der Waals surface area contributed by atoms with Crippen molar-refractivity contribution in [1.82, 2.24) is 10.2 Å². The maximum Gasteiger partial charge on any atom is 0.317 e. The molecule has 18 heavy (non-hydrogen) atoms. The van der Waals surface area contributed by atoms with Crippen LogP contribution in [0, 0.1) is 5.92 Å². The zero-order valence-electron chi connectivity index (χ0n) is 11.4. The molecule has 0 aromatic rings. The van der Waals surface area contributed by atoms with Gasteiger partial charge in [0.25, 0.3) is 0 Å². The minimum absolute atomic E-state index is 0.0179. The molecule has 0 saturated carbocycles. The lowest BCUT2D eigenvalue weighted by Gasteiger charge is -2.32. The first-order valence-electron chi connectivity index (χ1n) is 6.54. The predicted molar refractivity (Wildman–Crippen MR) is 73.3 cm³/mol. The number of rotatable bonds is 4. The Bertz CT molecular complexity index is 318. The third-order valence-corrected chi connectivity index (χ3v) is 3.56. The molecule has 0 bridgehead atoms. The molecular formula is C14H24N2O2. The van der Waals surface area contributed by atoms with Crippen molar-refractivity contribution in [3.63, 3.8) is 0 Å². The molecule has 1 heterocycles. The number of allylic oxidation sites excluding steroid dienone is 2. The van der Waals surface area contributed by atoms with Gasteiger partial charge in [-0.2, -0.15) is 0 Å². The Morgan fingerprint density at radius 2 is 2.17 bits per heavy atom. The Hall–Kier alpha value is -1.29. The summed E-state index contributed by atoms with van der Waals surface area (Å²) >= 11 is 0. The van der Waals surface area contributed by atoms with Gasteiger partial charge in [-0.1, -0.05) is 24.3 Å². The van der Waals surface area contributed by atoms with E-state index in [0.717, 1.165) is 31.5 Å². The molecule has 1 unspecified atom stereocenters. The lowest BCUT2D eigenvalue weighted by molar-refractivity contribution is 0.136. The highest BCUT2D eigenvalue weighted by Crippen LogP contribution is 2.16. The largest absolute Gasteiger partial charge is 0.396 e. The van der Waals surface area contributed by atoms with E-state index in [1.54, 1.807) is 6.08 Å². The second-order valence-corrected chi connectivity index (χ2v) is 4.93. The van der Waals surface area contributed by atoms with Gasteiger partial charge in [0.05, 0.1) is 0 Å². The molecule has 1 fully saturated rings. The Morgan fingerprint density at radius 3 is 2.67 bits per heavy atom. The topological polar surface area (TPSA) is 52.6 Å². The number of piperidine rings is 1. The highest BCUT2D eigenvalue weighted by molar-refractivity contribution is 5.75. The summed E-state index contributed by atoms with van der Waals surface area (Å²) < 4.78 is 0. The van der Waals surface area contributed by atoms with Crippen LogP contribution in [-0.2, 0) is 0 Å². The van der Waals surface area contributed by atoms with Gasteiger partial charge >= 0.3 is 6.03 Å². The summed E-state index contributed by atoms with van der Waals surface area (Å²) in [5, 5.41) is 12.0. The van der Waals surface area contributed by atoms with Gasteiger partial charge in [0.2, 0.25) is 0 Å². The third-order valence-electron chi connectivity index (χ3n) is 3.56. The van der Waals surface area contributed by atoms with E-state index >= 15 is 0 Å². The van der Waals surface area contributed by atoms with Gasteiger partial charge in [0.1, 0.15) is 0 Å². The quantitative estimate of drug-likeness (QED) is 0.751. The summed E-state index contributed by atoms with van der Waals surface area (Å²) in [4.78, 5) is 13.8. The molecule has 2 N–H and O–H groups in total. The molecule has 0 aromatic carbocycles. The van der Waals surface area contributed by atoms with Crippen LogP contribution in [0.15, 0.2) is 24.3 Å². The Kier molecular flexibility index (Phi) is 5.92.